The molecule has 134 valence electrons. The van der Waals surface area contributed by atoms with Crippen molar-refractivity contribution in [2.45, 2.75) is 33.4 Å². The summed E-state index contributed by atoms with van der Waals surface area (Å²) in [5, 5.41) is 5.26. The molecule has 2 heterocycles. The van der Waals surface area contributed by atoms with Crippen LogP contribution < -0.4 is 5.32 Å². The third kappa shape index (κ3) is 4.48. The Hall–Kier alpha value is -1.69. The van der Waals surface area contributed by atoms with Crippen molar-refractivity contribution in [3.8, 4) is 0 Å². The number of para-hydroxylation sites is 1. The van der Waals surface area contributed by atoms with Crippen molar-refractivity contribution in [2.75, 3.05) is 31.5 Å². The lowest BCUT2D eigenvalue weighted by Gasteiger charge is -2.37. The van der Waals surface area contributed by atoms with E-state index in [-0.39, 0.29) is 11.9 Å². The Kier molecular flexibility index (Phi) is 5.89. The molecule has 1 aliphatic heterocycles. The summed E-state index contributed by atoms with van der Waals surface area (Å²) in [6, 6.07) is 10.3. The van der Waals surface area contributed by atoms with Crippen LogP contribution in [-0.4, -0.2) is 47.9 Å². The largest absolute Gasteiger partial charge is 0.324 e. The van der Waals surface area contributed by atoms with E-state index in [1.54, 1.807) is 0 Å². The fraction of sp³-hybridized carbons (Fsp3) is 0.450. The van der Waals surface area contributed by atoms with Gasteiger partial charge in [-0.25, -0.2) is 0 Å². The Balaban J connectivity index is 1.53. The summed E-state index contributed by atoms with van der Waals surface area (Å²) in [6.45, 7) is 11.0. The van der Waals surface area contributed by atoms with Crippen LogP contribution in [0.1, 0.15) is 22.9 Å². The molecule has 3 rings (SSSR count). The zero-order valence-electron chi connectivity index (χ0n) is 15.3. The van der Waals surface area contributed by atoms with Gasteiger partial charge in [0.2, 0.25) is 5.91 Å². The van der Waals surface area contributed by atoms with E-state index in [1.807, 2.05) is 50.3 Å². The Labute approximate surface area is 154 Å². The molecule has 25 heavy (non-hydrogen) atoms. The fourth-order valence-electron chi connectivity index (χ4n) is 3.34. The van der Waals surface area contributed by atoms with Gasteiger partial charge in [0, 0.05) is 43.3 Å². The van der Waals surface area contributed by atoms with Gasteiger partial charge in [0.15, 0.2) is 0 Å². The number of anilines is 1. The SMILES string of the molecule is Cc1cccc(C)c1NC(=O)C(C)N1CCN(Cc2cccs2)CC1. The summed E-state index contributed by atoms with van der Waals surface area (Å²) in [5.41, 5.74) is 3.18. The molecule has 1 atom stereocenters. The maximum Gasteiger partial charge on any atom is 0.241 e. The fourth-order valence-corrected chi connectivity index (χ4v) is 4.08. The molecule has 2 aromatic rings. The number of carbonyl (C=O) groups is 1. The lowest BCUT2D eigenvalue weighted by molar-refractivity contribution is -0.121. The first-order valence-electron chi connectivity index (χ1n) is 8.90. The van der Waals surface area contributed by atoms with Gasteiger partial charge in [0.05, 0.1) is 6.04 Å². The maximum absolute atomic E-state index is 12.7. The Morgan fingerprint density at radius 1 is 1.12 bits per heavy atom. The van der Waals surface area contributed by atoms with E-state index in [0.29, 0.717) is 0 Å². The second-order valence-electron chi connectivity index (χ2n) is 6.82. The Bertz CT molecular complexity index is 685. The summed E-state index contributed by atoms with van der Waals surface area (Å²) in [6.07, 6.45) is 0. The smallest absolute Gasteiger partial charge is 0.241 e. The normalized spacial score (nSPS) is 17.4. The minimum Gasteiger partial charge on any atom is -0.324 e. The first-order chi connectivity index (χ1) is 12.0. The minimum absolute atomic E-state index is 0.0871. The first kappa shape index (κ1) is 18.1. The highest BCUT2D eigenvalue weighted by atomic mass is 32.1. The van der Waals surface area contributed by atoms with Gasteiger partial charge in [0.25, 0.3) is 0 Å². The molecule has 0 bridgehead atoms. The van der Waals surface area contributed by atoms with Crippen LogP contribution in [0.15, 0.2) is 35.7 Å². The zero-order chi connectivity index (χ0) is 17.8. The van der Waals surface area contributed by atoms with Gasteiger partial charge < -0.3 is 5.32 Å². The lowest BCUT2D eigenvalue weighted by atomic mass is 10.1. The second-order valence-corrected chi connectivity index (χ2v) is 7.86. The van der Waals surface area contributed by atoms with E-state index in [4.69, 9.17) is 0 Å². The number of nitrogens with one attached hydrogen (secondary N) is 1. The predicted octanol–water partition coefficient (Wildman–Crippen LogP) is 3.51. The number of piperazine rings is 1. The molecule has 1 saturated heterocycles. The second kappa shape index (κ2) is 8.13. The van der Waals surface area contributed by atoms with Crippen LogP contribution in [0, 0.1) is 13.8 Å². The summed E-state index contributed by atoms with van der Waals surface area (Å²) in [7, 11) is 0. The molecular formula is C20H27N3OS. The predicted molar refractivity (Wildman–Crippen MR) is 105 cm³/mol. The molecule has 1 N–H and O–H groups in total. The summed E-state index contributed by atoms with van der Waals surface area (Å²) >= 11 is 1.81. The third-order valence-electron chi connectivity index (χ3n) is 5.02. The van der Waals surface area contributed by atoms with Crippen LogP contribution in [-0.2, 0) is 11.3 Å². The molecule has 0 radical (unpaired) electrons. The molecule has 4 nitrogen and oxygen atoms in total. The standard InChI is InChI=1S/C20H27N3OS/c1-15-6-4-7-16(2)19(15)21-20(24)17(3)23-11-9-22(10-12-23)14-18-8-5-13-25-18/h4-8,13,17H,9-12,14H2,1-3H3,(H,21,24). The first-order valence-corrected chi connectivity index (χ1v) is 9.78. The number of hydrogen-bond donors (Lipinski definition) is 1. The molecule has 1 amide bonds. The van der Waals surface area contributed by atoms with Gasteiger partial charge in [-0.2, -0.15) is 0 Å². The van der Waals surface area contributed by atoms with Gasteiger partial charge in [-0.15, -0.1) is 11.3 Å². The van der Waals surface area contributed by atoms with Gasteiger partial charge in [-0.1, -0.05) is 24.3 Å². The van der Waals surface area contributed by atoms with Gasteiger partial charge >= 0.3 is 0 Å². The van der Waals surface area contributed by atoms with Crippen LogP contribution in [0.25, 0.3) is 0 Å². The molecule has 1 aromatic heterocycles. The summed E-state index contributed by atoms with van der Waals surface area (Å²) < 4.78 is 0. The number of thiophene rings is 1. The lowest BCUT2D eigenvalue weighted by Crippen LogP contribution is -2.52. The Morgan fingerprint density at radius 2 is 1.80 bits per heavy atom. The summed E-state index contributed by atoms with van der Waals surface area (Å²) in [5.74, 6) is 0.0871. The molecule has 0 aliphatic carbocycles. The number of hydrogen-bond acceptors (Lipinski definition) is 4. The van der Waals surface area contributed by atoms with Crippen molar-refractivity contribution in [3.63, 3.8) is 0 Å². The summed E-state index contributed by atoms with van der Waals surface area (Å²) in [4.78, 5) is 18.9. The molecule has 0 spiro atoms. The molecule has 1 fully saturated rings. The number of amides is 1. The van der Waals surface area contributed by atoms with E-state index in [1.165, 1.54) is 4.88 Å². The highest BCUT2D eigenvalue weighted by Crippen LogP contribution is 2.20. The highest BCUT2D eigenvalue weighted by molar-refractivity contribution is 7.09. The number of carbonyl (C=O) groups excluding carboxylic acids is 1. The van der Waals surface area contributed by atoms with Crippen LogP contribution >= 0.6 is 11.3 Å². The number of nitrogens with zero attached hydrogens (tertiary/aromatic N) is 2. The molecular weight excluding hydrogens is 330 g/mol. The van der Waals surface area contributed by atoms with E-state index in [9.17, 15) is 4.79 Å². The van der Waals surface area contributed by atoms with E-state index < -0.39 is 0 Å². The molecule has 0 saturated carbocycles. The van der Waals surface area contributed by atoms with Crippen molar-refractivity contribution in [1.82, 2.24) is 9.80 Å². The van der Waals surface area contributed by atoms with Gasteiger partial charge in [-0.3, -0.25) is 14.6 Å². The van der Waals surface area contributed by atoms with Gasteiger partial charge in [-0.05, 0) is 43.3 Å². The average molecular weight is 358 g/mol. The van der Waals surface area contributed by atoms with E-state index >= 15 is 0 Å². The average Bonchev–Trinajstić information content (AvgIpc) is 3.11. The van der Waals surface area contributed by atoms with Gasteiger partial charge in [0.1, 0.15) is 0 Å². The van der Waals surface area contributed by atoms with Crippen molar-refractivity contribution < 1.29 is 4.79 Å². The van der Waals surface area contributed by atoms with Crippen LogP contribution in [0.3, 0.4) is 0 Å². The van der Waals surface area contributed by atoms with Crippen LogP contribution in [0.2, 0.25) is 0 Å². The molecule has 1 aliphatic rings. The van der Waals surface area contributed by atoms with Crippen molar-refractivity contribution >= 4 is 22.9 Å². The number of aryl methyl sites for hydroxylation is 2. The monoisotopic (exact) mass is 357 g/mol. The Morgan fingerprint density at radius 3 is 2.40 bits per heavy atom. The highest BCUT2D eigenvalue weighted by Gasteiger charge is 2.26. The molecule has 1 aromatic carbocycles. The topological polar surface area (TPSA) is 35.6 Å². The molecule has 5 heteroatoms. The zero-order valence-corrected chi connectivity index (χ0v) is 16.1. The van der Waals surface area contributed by atoms with E-state index in [0.717, 1.165) is 49.5 Å². The van der Waals surface area contributed by atoms with Crippen LogP contribution in [0.5, 0.6) is 0 Å². The van der Waals surface area contributed by atoms with Crippen molar-refractivity contribution in [1.29, 1.82) is 0 Å². The van der Waals surface area contributed by atoms with Crippen LogP contribution in [0.4, 0.5) is 5.69 Å². The quantitative estimate of drug-likeness (QED) is 0.889. The molecule has 1 unspecified atom stereocenters. The minimum atomic E-state index is -0.108. The number of benzene rings is 1. The van der Waals surface area contributed by atoms with Crippen molar-refractivity contribution in [2.24, 2.45) is 0 Å². The van der Waals surface area contributed by atoms with Crippen molar-refractivity contribution in [3.05, 3.63) is 51.7 Å². The number of rotatable bonds is 5. The maximum atomic E-state index is 12.7. The third-order valence-corrected chi connectivity index (χ3v) is 5.88. The van der Waals surface area contributed by atoms with E-state index in [2.05, 4.69) is 32.6 Å².